The quantitative estimate of drug-likeness (QED) is 0.253. The first kappa shape index (κ1) is 27.7. The minimum Gasteiger partial charge on any atom is -0.329 e. The Morgan fingerprint density at radius 3 is 2.37 bits per heavy atom. The van der Waals surface area contributed by atoms with Crippen LogP contribution in [0.3, 0.4) is 0 Å². The Hall–Kier alpha value is -3.45. The van der Waals surface area contributed by atoms with Gasteiger partial charge in [0.15, 0.2) is 5.60 Å². The Morgan fingerprint density at radius 2 is 1.63 bits per heavy atom. The predicted molar refractivity (Wildman–Crippen MR) is 159 cm³/mol. The molecule has 0 bridgehead atoms. The van der Waals surface area contributed by atoms with Crippen LogP contribution in [0.15, 0.2) is 90.0 Å². The number of anilines is 1. The number of fused-ring (bicyclic) bond motifs is 3. The number of hydrogen-bond acceptors (Lipinski definition) is 4. The van der Waals surface area contributed by atoms with E-state index in [9.17, 15) is 9.59 Å². The molecule has 7 heteroatoms. The van der Waals surface area contributed by atoms with Crippen molar-refractivity contribution in [2.75, 3.05) is 18.1 Å². The Bertz CT molecular complexity index is 1490. The molecular weight excluding hydrogens is 536 g/mol. The number of carbonyl (C=O) groups excluding carboxylic acids is 2. The summed E-state index contributed by atoms with van der Waals surface area (Å²) in [7, 11) is 0. The first-order chi connectivity index (χ1) is 19.9. The Labute approximate surface area is 246 Å². The number of amides is 2. The third kappa shape index (κ3) is 4.58. The van der Waals surface area contributed by atoms with Crippen LogP contribution in [0.25, 0.3) is 0 Å². The van der Waals surface area contributed by atoms with Crippen LogP contribution in [0.1, 0.15) is 56.2 Å². The number of carbonyl (C=O) groups is 2. The van der Waals surface area contributed by atoms with Crippen LogP contribution in [0.5, 0.6) is 0 Å². The van der Waals surface area contributed by atoms with E-state index in [-0.39, 0.29) is 18.2 Å². The fourth-order valence-electron chi connectivity index (χ4n) is 6.47. The fourth-order valence-corrected chi connectivity index (χ4v) is 6.59. The summed E-state index contributed by atoms with van der Waals surface area (Å²) in [5.74, 6) is -1.64. The smallest absolute Gasteiger partial charge is 0.280 e. The number of rotatable bonds is 10. The molecule has 0 aromatic heterocycles. The zero-order valence-electron chi connectivity index (χ0n) is 23.6. The molecule has 2 atom stereocenters. The number of unbranched alkanes of at least 4 members (excludes halogenated alkanes) is 2. The second-order valence-electron chi connectivity index (χ2n) is 10.9. The maximum absolute atomic E-state index is 14.5. The number of benzene rings is 3. The van der Waals surface area contributed by atoms with E-state index in [0.29, 0.717) is 36.7 Å². The molecule has 1 saturated heterocycles. The zero-order valence-corrected chi connectivity index (χ0v) is 24.3. The van der Waals surface area contributed by atoms with Gasteiger partial charge in [0.2, 0.25) is 0 Å². The SMILES string of the molecule is CCCCCN1C(=O)C(Cc2ccc(Cl)cc2)=C2C[C@@]3(O[C@]21OCC)C(=O)N(Cc1ccccc1)c1ccccc13. The summed E-state index contributed by atoms with van der Waals surface area (Å²) >= 11 is 6.15. The van der Waals surface area contributed by atoms with Gasteiger partial charge in [-0.2, -0.15) is 0 Å². The van der Waals surface area contributed by atoms with E-state index in [0.717, 1.165) is 47.2 Å². The summed E-state index contributed by atoms with van der Waals surface area (Å²) < 4.78 is 13.4. The van der Waals surface area contributed by atoms with Crippen molar-refractivity contribution >= 4 is 29.1 Å². The molecule has 3 aliphatic heterocycles. The van der Waals surface area contributed by atoms with Crippen molar-refractivity contribution in [3.05, 3.63) is 112 Å². The molecule has 3 aromatic carbocycles. The first-order valence-electron chi connectivity index (χ1n) is 14.5. The van der Waals surface area contributed by atoms with Gasteiger partial charge >= 0.3 is 0 Å². The van der Waals surface area contributed by atoms with E-state index in [2.05, 4.69) is 6.92 Å². The lowest BCUT2D eigenvalue weighted by Crippen LogP contribution is -2.53. The lowest BCUT2D eigenvalue weighted by molar-refractivity contribution is -0.291. The van der Waals surface area contributed by atoms with E-state index in [4.69, 9.17) is 21.1 Å². The van der Waals surface area contributed by atoms with Crippen molar-refractivity contribution in [2.45, 2.75) is 64.0 Å². The van der Waals surface area contributed by atoms with E-state index in [1.165, 1.54) is 0 Å². The summed E-state index contributed by atoms with van der Waals surface area (Å²) in [6, 6.07) is 25.4. The van der Waals surface area contributed by atoms with Crippen LogP contribution < -0.4 is 4.90 Å². The normalized spacial score (nSPS) is 23.2. The molecule has 3 aromatic rings. The number of hydrogen-bond donors (Lipinski definition) is 0. The Kier molecular flexibility index (Phi) is 7.49. The van der Waals surface area contributed by atoms with Gasteiger partial charge in [-0.25, -0.2) is 0 Å². The lowest BCUT2D eigenvalue weighted by Gasteiger charge is -2.38. The summed E-state index contributed by atoms with van der Waals surface area (Å²) in [6.45, 7) is 5.28. The van der Waals surface area contributed by atoms with E-state index >= 15 is 0 Å². The summed E-state index contributed by atoms with van der Waals surface area (Å²) in [5.41, 5.74) is 3.75. The molecule has 6 nitrogen and oxygen atoms in total. The number of nitrogens with zero attached hydrogens (tertiary/aromatic N) is 2. The lowest BCUT2D eigenvalue weighted by atomic mass is 9.88. The van der Waals surface area contributed by atoms with Crippen LogP contribution >= 0.6 is 11.6 Å². The standard InChI is InChI=1S/C34H35ClN2O4/c1-3-5-11-20-37-31(38)27(21-24-16-18-26(35)19-17-24)29-22-33(41-34(29,37)40-4-2)28-14-9-10-15-30(28)36(32(33)39)23-25-12-7-6-8-13-25/h6-10,12-19H,3-5,11,20-23H2,1-2H3/t33-,34+/m0/s1. The van der Waals surface area contributed by atoms with Gasteiger partial charge in [0.25, 0.3) is 17.7 Å². The maximum Gasteiger partial charge on any atom is 0.280 e. The highest BCUT2D eigenvalue weighted by Crippen LogP contribution is 2.59. The summed E-state index contributed by atoms with van der Waals surface area (Å²) in [5, 5.41) is 0.642. The van der Waals surface area contributed by atoms with Crippen molar-refractivity contribution in [2.24, 2.45) is 0 Å². The number of ether oxygens (including phenoxy) is 2. The molecule has 1 spiro atoms. The van der Waals surface area contributed by atoms with E-state index in [1.807, 2.05) is 90.7 Å². The molecule has 3 aliphatic rings. The molecule has 3 heterocycles. The Morgan fingerprint density at radius 1 is 0.902 bits per heavy atom. The van der Waals surface area contributed by atoms with Gasteiger partial charge in [0.05, 0.1) is 12.2 Å². The van der Waals surface area contributed by atoms with Gasteiger partial charge in [0.1, 0.15) is 0 Å². The molecule has 0 N–H and O–H groups in total. The molecule has 41 heavy (non-hydrogen) atoms. The average Bonchev–Trinajstić information content (AvgIpc) is 3.51. The van der Waals surface area contributed by atoms with E-state index < -0.39 is 11.5 Å². The molecule has 6 rings (SSSR count). The molecule has 0 aliphatic carbocycles. The largest absolute Gasteiger partial charge is 0.329 e. The van der Waals surface area contributed by atoms with Gasteiger partial charge in [-0.15, -0.1) is 0 Å². The predicted octanol–water partition coefficient (Wildman–Crippen LogP) is 6.76. The second kappa shape index (κ2) is 11.1. The maximum atomic E-state index is 14.5. The third-order valence-corrected chi connectivity index (χ3v) is 8.62. The van der Waals surface area contributed by atoms with Crippen molar-refractivity contribution in [1.82, 2.24) is 4.90 Å². The summed E-state index contributed by atoms with van der Waals surface area (Å²) in [6.07, 6.45) is 3.48. The van der Waals surface area contributed by atoms with Gasteiger partial charge in [0, 0.05) is 47.7 Å². The van der Waals surface area contributed by atoms with Gasteiger partial charge < -0.3 is 14.4 Å². The van der Waals surface area contributed by atoms with Crippen molar-refractivity contribution in [3.63, 3.8) is 0 Å². The van der Waals surface area contributed by atoms with Crippen LogP contribution in [-0.4, -0.2) is 35.8 Å². The molecule has 0 unspecified atom stereocenters. The molecular formula is C34H35ClN2O4. The van der Waals surface area contributed by atoms with Crippen LogP contribution in [0.4, 0.5) is 5.69 Å². The van der Waals surface area contributed by atoms with Crippen LogP contribution in [0, 0.1) is 0 Å². The number of para-hydroxylation sites is 1. The van der Waals surface area contributed by atoms with E-state index in [1.54, 1.807) is 4.90 Å². The number of halogens is 1. The topological polar surface area (TPSA) is 59.1 Å². The Balaban J connectivity index is 1.47. The molecule has 0 radical (unpaired) electrons. The monoisotopic (exact) mass is 570 g/mol. The minimum absolute atomic E-state index is 0.0887. The summed E-state index contributed by atoms with van der Waals surface area (Å²) in [4.78, 5) is 32.2. The highest BCUT2D eigenvalue weighted by atomic mass is 35.5. The second-order valence-corrected chi connectivity index (χ2v) is 11.4. The van der Waals surface area contributed by atoms with Crippen molar-refractivity contribution in [3.8, 4) is 0 Å². The zero-order chi connectivity index (χ0) is 28.6. The van der Waals surface area contributed by atoms with Crippen molar-refractivity contribution < 1.29 is 19.1 Å². The van der Waals surface area contributed by atoms with Gasteiger partial charge in [-0.1, -0.05) is 92.0 Å². The first-order valence-corrected chi connectivity index (χ1v) is 14.9. The van der Waals surface area contributed by atoms with Gasteiger partial charge in [-0.3, -0.25) is 14.5 Å². The van der Waals surface area contributed by atoms with Crippen LogP contribution in [-0.2, 0) is 37.6 Å². The average molecular weight is 571 g/mol. The fraction of sp³-hybridized carbons (Fsp3) is 0.353. The van der Waals surface area contributed by atoms with Crippen LogP contribution in [0.2, 0.25) is 5.02 Å². The third-order valence-electron chi connectivity index (χ3n) is 8.37. The molecule has 212 valence electrons. The highest BCUT2D eigenvalue weighted by Gasteiger charge is 2.69. The van der Waals surface area contributed by atoms with Crippen molar-refractivity contribution in [1.29, 1.82) is 0 Å². The highest BCUT2D eigenvalue weighted by molar-refractivity contribution is 6.30. The molecule has 1 fully saturated rings. The van der Waals surface area contributed by atoms with Gasteiger partial charge in [-0.05, 0) is 42.7 Å². The molecule has 2 amide bonds. The molecule has 0 saturated carbocycles. The minimum atomic E-state index is -1.42.